The Hall–Kier alpha value is -0.640. The molecule has 1 saturated carbocycles. The van der Waals surface area contributed by atoms with Crippen LogP contribution in [-0.2, 0) is 4.79 Å². The van der Waals surface area contributed by atoms with E-state index in [4.69, 9.17) is 18.0 Å². The molecule has 1 aliphatic carbocycles. The number of hydrogen-bond donors (Lipinski definition) is 2. The van der Waals surface area contributed by atoms with Gasteiger partial charge in [0.1, 0.15) is 0 Å². The zero-order valence-corrected chi connectivity index (χ0v) is 10.6. The first-order chi connectivity index (χ1) is 6.75. The predicted molar refractivity (Wildman–Crippen MR) is 65.4 cm³/mol. The number of nitrogens with two attached hydrogens (primary N) is 1. The van der Waals surface area contributed by atoms with Crippen molar-refractivity contribution in [1.82, 2.24) is 5.32 Å². The van der Waals surface area contributed by atoms with Crippen LogP contribution in [0.3, 0.4) is 0 Å². The predicted octanol–water partition coefficient (Wildman–Crippen LogP) is 1.46. The van der Waals surface area contributed by atoms with E-state index in [0.717, 1.165) is 6.42 Å². The van der Waals surface area contributed by atoms with Gasteiger partial charge >= 0.3 is 0 Å². The summed E-state index contributed by atoms with van der Waals surface area (Å²) in [6.45, 7) is 8.20. The van der Waals surface area contributed by atoms with E-state index in [1.807, 2.05) is 13.8 Å². The highest BCUT2D eigenvalue weighted by atomic mass is 32.1. The highest BCUT2D eigenvalue weighted by molar-refractivity contribution is 7.80. The van der Waals surface area contributed by atoms with Crippen molar-refractivity contribution in [2.24, 2.45) is 23.0 Å². The molecule has 4 heteroatoms. The van der Waals surface area contributed by atoms with Crippen molar-refractivity contribution in [1.29, 1.82) is 0 Å². The average Bonchev–Trinajstić information content (AvgIpc) is 2.55. The van der Waals surface area contributed by atoms with E-state index in [0.29, 0.717) is 11.0 Å². The third-order valence-electron chi connectivity index (χ3n) is 3.09. The molecule has 1 rings (SSSR count). The fraction of sp³-hybridized carbons (Fsp3) is 0.818. The Bertz CT molecular complexity index is 286. The van der Waals surface area contributed by atoms with Gasteiger partial charge in [0.05, 0.1) is 10.9 Å². The minimum Gasteiger partial charge on any atom is -0.393 e. The van der Waals surface area contributed by atoms with E-state index in [2.05, 4.69) is 19.2 Å². The summed E-state index contributed by atoms with van der Waals surface area (Å²) in [6, 6.07) is 0.292. The molecule has 0 bridgehead atoms. The van der Waals surface area contributed by atoms with Crippen molar-refractivity contribution in [2.75, 3.05) is 0 Å². The lowest BCUT2D eigenvalue weighted by Gasteiger charge is -2.19. The Labute approximate surface area is 96.8 Å². The van der Waals surface area contributed by atoms with Gasteiger partial charge in [0.15, 0.2) is 0 Å². The van der Waals surface area contributed by atoms with Crippen LogP contribution < -0.4 is 11.1 Å². The maximum Gasteiger partial charge on any atom is 0.230 e. The van der Waals surface area contributed by atoms with Crippen molar-refractivity contribution in [2.45, 2.75) is 40.2 Å². The normalized spacial score (nSPS) is 24.7. The maximum atomic E-state index is 11.9. The summed E-state index contributed by atoms with van der Waals surface area (Å²) in [5, 5.41) is 3.00. The van der Waals surface area contributed by atoms with E-state index in [9.17, 15) is 4.79 Å². The summed E-state index contributed by atoms with van der Waals surface area (Å²) in [5.74, 6) is -0.200. The second-order valence-electron chi connectivity index (χ2n) is 5.38. The molecule has 1 fully saturated rings. The van der Waals surface area contributed by atoms with Gasteiger partial charge in [-0.25, -0.2) is 0 Å². The van der Waals surface area contributed by atoms with Gasteiger partial charge in [-0.2, -0.15) is 0 Å². The molecular formula is C11H20N2OS. The Morgan fingerprint density at radius 1 is 1.53 bits per heavy atom. The fourth-order valence-corrected chi connectivity index (χ4v) is 2.11. The largest absolute Gasteiger partial charge is 0.393 e. The molecule has 0 radical (unpaired) electrons. The standard InChI is InChI=1S/C11H20N2OS/c1-6(2)8(9(12)15)10(14)13-7-5-11(7,3)4/h6-8H,5H2,1-4H3,(H2,12,15)(H,13,14). The van der Waals surface area contributed by atoms with Crippen molar-refractivity contribution in [3.05, 3.63) is 0 Å². The van der Waals surface area contributed by atoms with Crippen molar-refractivity contribution in [3.63, 3.8) is 0 Å². The van der Waals surface area contributed by atoms with Crippen LogP contribution in [0, 0.1) is 17.3 Å². The summed E-state index contributed by atoms with van der Waals surface area (Å²) in [6.07, 6.45) is 1.04. The van der Waals surface area contributed by atoms with E-state index in [-0.39, 0.29) is 23.2 Å². The monoisotopic (exact) mass is 228 g/mol. The molecule has 15 heavy (non-hydrogen) atoms. The minimum absolute atomic E-state index is 0.0203. The molecule has 1 amide bonds. The van der Waals surface area contributed by atoms with Crippen LogP contribution in [0.5, 0.6) is 0 Å². The molecule has 86 valence electrons. The van der Waals surface area contributed by atoms with E-state index < -0.39 is 0 Å². The average molecular weight is 228 g/mol. The van der Waals surface area contributed by atoms with Gasteiger partial charge < -0.3 is 11.1 Å². The first-order valence-corrected chi connectivity index (χ1v) is 5.76. The molecule has 2 unspecified atom stereocenters. The smallest absolute Gasteiger partial charge is 0.230 e. The second kappa shape index (κ2) is 4.08. The number of rotatable bonds is 4. The molecule has 0 aromatic carbocycles. The Kier molecular flexibility index (Phi) is 3.38. The van der Waals surface area contributed by atoms with Gasteiger partial charge in [-0.15, -0.1) is 0 Å². The highest BCUT2D eigenvalue weighted by Crippen LogP contribution is 2.44. The van der Waals surface area contributed by atoms with Crippen LogP contribution in [0.2, 0.25) is 0 Å². The van der Waals surface area contributed by atoms with E-state index >= 15 is 0 Å². The quantitative estimate of drug-likeness (QED) is 0.716. The lowest BCUT2D eigenvalue weighted by atomic mass is 9.95. The summed E-state index contributed by atoms with van der Waals surface area (Å²) >= 11 is 4.92. The zero-order chi connectivity index (χ0) is 11.8. The number of hydrogen-bond acceptors (Lipinski definition) is 2. The first-order valence-electron chi connectivity index (χ1n) is 5.35. The molecule has 0 aliphatic heterocycles. The van der Waals surface area contributed by atoms with Gasteiger partial charge in [-0.3, -0.25) is 4.79 Å². The molecule has 0 aromatic heterocycles. The molecule has 2 atom stereocenters. The summed E-state index contributed by atoms with van der Waals surface area (Å²) in [5.41, 5.74) is 5.82. The number of thiocarbonyl (C=S) groups is 1. The molecular weight excluding hydrogens is 208 g/mol. The molecule has 0 heterocycles. The molecule has 1 aliphatic rings. The summed E-state index contributed by atoms with van der Waals surface area (Å²) < 4.78 is 0. The lowest BCUT2D eigenvalue weighted by Crippen LogP contribution is -2.42. The lowest BCUT2D eigenvalue weighted by molar-refractivity contribution is -0.124. The van der Waals surface area contributed by atoms with E-state index in [1.165, 1.54) is 0 Å². The van der Waals surface area contributed by atoms with Crippen LogP contribution >= 0.6 is 12.2 Å². The van der Waals surface area contributed by atoms with Crippen LogP contribution in [0.25, 0.3) is 0 Å². The molecule has 3 nitrogen and oxygen atoms in total. The number of carbonyl (C=O) groups is 1. The molecule has 0 aromatic rings. The van der Waals surface area contributed by atoms with Crippen LogP contribution in [-0.4, -0.2) is 16.9 Å². The van der Waals surface area contributed by atoms with Crippen LogP contribution in [0.1, 0.15) is 34.1 Å². The topological polar surface area (TPSA) is 55.1 Å². The van der Waals surface area contributed by atoms with Gasteiger partial charge in [0.25, 0.3) is 0 Å². The summed E-state index contributed by atoms with van der Waals surface area (Å²) in [4.78, 5) is 12.2. The summed E-state index contributed by atoms with van der Waals surface area (Å²) in [7, 11) is 0. The SMILES string of the molecule is CC(C)C(C(=O)NC1CC1(C)C)C(N)=S. The highest BCUT2D eigenvalue weighted by Gasteiger charge is 2.47. The molecule has 3 N–H and O–H groups in total. The molecule has 0 saturated heterocycles. The molecule has 0 spiro atoms. The Morgan fingerprint density at radius 2 is 2.00 bits per heavy atom. The first kappa shape index (κ1) is 12.4. The van der Waals surface area contributed by atoms with Crippen molar-refractivity contribution < 1.29 is 4.79 Å². The van der Waals surface area contributed by atoms with E-state index in [1.54, 1.807) is 0 Å². The Balaban J connectivity index is 2.55. The van der Waals surface area contributed by atoms with Gasteiger partial charge in [-0.1, -0.05) is 39.9 Å². The van der Waals surface area contributed by atoms with Crippen LogP contribution in [0.15, 0.2) is 0 Å². The van der Waals surface area contributed by atoms with Crippen molar-refractivity contribution >= 4 is 23.1 Å². The number of carbonyl (C=O) groups excluding carboxylic acids is 1. The van der Waals surface area contributed by atoms with Crippen LogP contribution in [0.4, 0.5) is 0 Å². The number of nitrogens with one attached hydrogen (secondary N) is 1. The minimum atomic E-state index is -0.337. The maximum absolute atomic E-state index is 11.9. The zero-order valence-electron chi connectivity index (χ0n) is 9.83. The van der Waals surface area contributed by atoms with Gasteiger partial charge in [-0.05, 0) is 17.8 Å². The van der Waals surface area contributed by atoms with Crippen molar-refractivity contribution in [3.8, 4) is 0 Å². The third-order valence-corrected chi connectivity index (χ3v) is 3.34. The fourth-order valence-electron chi connectivity index (χ4n) is 1.74. The third kappa shape index (κ3) is 2.91. The van der Waals surface area contributed by atoms with Gasteiger partial charge in [0, 0.05) is 6.04 Å². The van der Waals surface area contributed by atoms with Gasteiger partial charge in [0.2, 0.25) is 5.91 Å². The number of amides is 1. The Morgan fingerprint density at radius 3 is 2.27 bits per heavy atom. The second-order valence-corrected chi connectivity index (χ2v) is 5.85.